The molecule has 0 aliphatic heterocycles. The molecule has 0 heterocycles. The Morgan fingerprint density at radius 1 is 0.833 bits per heavy atom. The van der Waals surface area contributed by atoms with Crippen LogP contribution in [-0.4, -0.2) is 17.3 Å². The molecule has 0 fully saturated rings. The topological polar surface area (TPSA) is 51.2 Å². The number of hydrogen-bond donors (Lipinski definition) is 0. The summed E-state index contributed by atoms with van der Waals surface area (Å²) in [5.41, 5.74) is 0.919. The van der Waals surface area contributed by atoms with Crippen LogP contribution in [0.15, 0.2) is 12.1 Å². The Kier molecular flexibility index (Phi) is 4.95. The van der Waals surface area contributed by atoms with Crippen molar-refractivity contribution in [1.29, 1.82) is 0 Å². The van der Waals surface area contributed by atoms with Gasteiger partial charge >= 0.3 is 0 Å². The predicted molar refractivity (Wildman–Crippen MR) is 69.1 cm³/mol. The van der Waals surface area contributed by atoms with Crippen LogP contribution in [0.1, 0.15) is 71.1 Å². The van der Waals surface area contributed by atoms with E-state index in [2.05, 4.69) is 6.07 Å². The number of rotatable bonds is 6. The van der Waals surface area contributed by atoms with E-state index in [0.717, 1.165) is 0 Å². The van der Waals surface area contributed by atoms with E-state index in [0.29, 0.717) is 24.0 Å². The van der Waals surface area contributed by atoms with Crippen LogP contribution in [0.2, 0.25) is 0 Å². The summed E-state index contributed by atoms with van der Waals surface area (Å²) >= 11 is 0. The third-order valence-electron chi connectivity index (χ3n) is 2.84. The molecule has 0 aliphatic carbocycles. The summed E-state index contributed by atoms with van der Waals surface area (Å²) in [6.45, 7) is 5.19. The molecule has 0 saturated heterocycles. The van der Waals surface area contributed by atoms with E-state index in [9.17, 15) is 14.4 Å². The van der Waals surface area contributed by atoms with Crippen molar-refractivity contribution in [2.24, 2.45) is 0 Å². The molecule has 1 aromatic carbocycles. The minimum Gasteiger partial charge on any atom is -0.294 e. The van der Waals surface area contributed by atoms with Crippen LogP contribution in [0.5, 0.6) is 0 Å². The van der Waals surface area contributed by atoms with Crippen LogP contribution >= 0.6 is 0 Å². The van der Waals surface area contributed by atoms with Gasteiger partial charge in [0, 0.05) is 36.0 Å². The van der Waals surface area contributed by atoms with Gasteiger partial charge in [0.1, 0.15) is 0 Å². The molecule has 18 heavy (non-hydrogen) atoms. The Bertz CT molecular complexity index is 452. The van der Waals surface area contributed by atoms with Crippen LogP contribution < -0.4 is 0 Å². The average molecular weight is 245 g/mol. The van der Waals surface area contributed by atoms with E-state index in [4.69, 9.17) is 0 Å². The van der Waals surface area contributed by atoms with Gasteiger partial charge in [0.05, 0.1) is 0 Å². The highest BCUT2D eigenvalue weighted by atomic mass is 16.1. The summed E-state index contributed by atoms with van der Waals surface area (Å²) in [5, 5.41) is 0. The lowest BCUT2D eigenvalue weighted by Gasteiger charge is -2.10. The van der Waals surface area contributed by atoms with E-state index in [1.54, 1.807) is 20.8 Å². The zero-order chi connectivity index (χ0) is 13.7. The molecule has 3 heteroatoms. The molecule has 0 unspecified atom stereocenters. The molecule has 0 aromatic heterocycles. The van der Waals surface area contributed by atoms with Crippen molar-refractivity contribution in [3.63, 3.8) is 0 Å². The van der Waals surface area contributed by atoms with Gasteiger partial charge in [-0.15, -0.1) is 0 Å². The van der Waals surface area contributed by atoms with Crippen LogP contribution in [0.4, 0.5) is 0 Å². The molecule has 0 bridgehead atoms. The Morgan fingerprint density at radius 3 is 1.56 bits per heavy atom. The van der Waals surface area contributed by atoms with E-state index in [-0.39, 0.29) is 29.3 Å². The number of carbonyl (C=O) groups is 3. The van der Waals surface area contributed by atoms with Crippen molar-refractivity contribution >= 4 is 17.3 Å². The van der Waals surface area contributed by atoms with Crippen LogP contribution in [0, 0.1) is 6.07 Å². The Morgan fingerprint density at radius 2 is 1.22 bits per heavy atom. The van der Waals surface area contributed by atoms with Gasteiger partial charge in [0.15, 0.2) is 17.3 Å². The number of Topliss-reactive ketones (excluding diaryl/α,β-unsaturated/α-hetero) is 3. The quantitative estimate of drug-likeness (QED) is 0.723. The second-order valence-corrected chi connectivity index (χ2v) is 3.99. The number of carbonyl (C=O) groups excluding carboxylic acids is 3. The van der Waals surface area contributed by atoms with Gasteiger partial charge in [-0.25, -0.2) is 0 Å². The molecule has 95 valence electrons. The van der Waals surface area contributed by atoms with Gasteiger partial charge < -0.3 is 0 Å². The maximum Gasteiger partial charge on any atom is 0.164 e. The highest BCUT2D eigenvalue weighted by Crippen LogP contribution is 2.20. The normalized spacial score (nSPS) is 10.2. The molecule has 0 aliphatic rings. The lowest BCUT2D eigenvalue weighted by atomic mass is 9.90. The first-order valence-electron chi connectivity index (χ1n) is 6.20. The summed E-state index contributed by atoms with van der Waals surface area (Å²) in [6, 6.07) is 5.79. The van der Waals surface area contributed by atoms with Crippen LogP contribution in [0.3, 0.4) is 0 Å². The first kappa shape index (κ1) is 14.3. The Labute approximate surface area is 107 Å². The summed E-state index contributed by atoms with van der Waals surface area (Å²) in [6.07, 6.45) is 0.890. The molecule has 0 atom stereocenters. The summed E-state index contributed by atoms with van der Waals surface area (Å²) < 4.78 is 0. The maximum atomic E-state index is 12.0. The molecule has 3 nitrogen and oxygen atoms in total. The zero-order valence-electron chi connectivity index (χ0n) is 11.0. The lowest BCUT2D eigenvalue weighted by Crippen LogP contribution is -2.14. The van der Waals surface area contributed by atoms with Gasteiger partial charge in [-0.3, -0.25) is 14.4 Å². The minimum atomic E-state index is -0.169. The van der Waals surface area contributed by atoms with Gasteiger partial charge in [-0.05, 0) is 18.2 Å². The third-order valence-corrected chi connectivity index (χ3v) is 2.84. The smallest absolute Gasteiger partial charge is 0.164 e. The number of benzene rings is 1. The van der Waals surface area contributed by atoms with E-state index in [1.165, 1.54) is 12.1 Å². The van der Waals surface area contributed by atoms with Crippen molar-refractivity contribution in [2.75, 3.05) is 0 Å². The highest BCUT2D eigenvalue weighted by molar-refractivity contribution is 6.15. The second-order valence-electron chi connectivity index (χ2n) is 3.99. The minimum absolute atomic E-state index is 0.131. The molecular formula is C15H17O3. The van der Waals surface area contributed by atoms with Gasteiger partial charge in [-0.1, -0.05) is 20.8 Å². The molecular weight excluding hydrogens is 228 g/mol. The predicted octanol–water partition coefficient (Wildman–Crippen LogP) is 3.26. The summed E-state index contributed by atoms with van der Waals surface area (Å²) in [5.74, 6) is -0.430. The van der Waals surface area contributed by atoms with Crippen molar-refractivity contribution in [1.82, 2.24) is 0 Å². The van der Waals surface area contributed by atoms with Crippen molar-refractivity contribution in [3.05, 3.63) is 34.9 Å². The van der Waals surface area contributed by atoms with E-state index >= 15 is 0 Å². The van der Waals surface area contributed by atoms with Crippen molar-refractivity contribution in [3.8, 4) is 0 Å². The SMILES string of the molecule is CCC(=O)c1c[c]cc(C(=O)CC)c1C(=O)CC. The van der Waals surface area contributed by atoms with Gasteiger partial charge in [0.2, 0.25) is 0 Å². The van der Waals surface area contributed by atoms with Gasteiger partial charge in [0.25, 0.3) is 0 Å². The third kappa shape index (κ3) is 2.73. The molecule has 0 spiro atoms. The number of ketones is 3. The first-order valence-corrected chi connectivity index (χ1v) is 6.20. The summed E-state index contributed by atoms with van der Waals surface area (Å²) in [4.78, 5) is 35.6. The monoisotopic (exact) mass is 245 g/mol. The average Bonchev–Trinajstić information content (AvgIpc) is 2.43. The fourth-order valence-corrected chi connectivity index (χ4v) is 1.80. The molecule has 0 amide bonds. The van der Waals surface area contributed by atoms with Crippen LogP contribution in [-0.2, 0) is 0 Å². The fraction of sp³-hybridized carbons (Fsp3) is 0.400. The number of hydrogen-bond acceptors (Lipinski definition) is 3. The highest BCUT2D eigenvalue weighted by Gasteiger charge is 2.21. The molecule has 0 N–H and O–H groups in total. The summed E-state index contributed by atoms with van der Waals surface area (Å²) in [7, 11) is 0. The molecule has 1 rings (SSSR count). The zero-order valence-corrected chi connectivity index (χ0v) is 11.0. The van der Waals surface area contributed by atoms with E-state index < -0.39 is 0 Å². The maximum absolute atomic E-state index is 12.0. The second kappa shape index (κ2) is 6.24. The largest absolute Gasteiger partial charge is 0.294 e. The van der Waals surface area contributed by atoms with Crippen molar-refractivity contribution in [2.45, 2.75) is 40.0 Å². The molecule has 1 radical (unpaired) electrons. The molecule has 0 saturated carbocycles. The lowest BCUT2D eigenvalue weighted by molar-refractivity contribution is 0.0942. The van der Waals surface area contributed by atoms with Crippen molar-refractivity contribution < 1.29 is 14.4 Å². The fourth-order valence-electron chi connectivity index (χ4n) is 1.80. The molecule has 1 aromatic rings. The first-order chi connectivity index (χ1) is 8.56. The Balaban J connectivity index is 3.49. The van der Waals surface area contributed by atoms with Gasteiger partial charge in [-0.2, -0.15) is 0 Å². The standard InChI is InChI=1S/C15H17O3/c1-4-12(16)10-8-7-9-11(13(17)5-2)15(10)14(18)6-3/h8-9H,4-6H2,1-3H3. The van der Waals surface area contributed by atoms with E-state index in [1.807, 2.05) is 0 Å². The van der Waals surface area contributed by atoms with Crippen LogP contribution in [0.25, 0.3) is 0 Å². The Hall–Kier alpha value is -1.77.